The van der Waals surface area contributed by atoms with Crippen molar-refractivity contribution in [3.05, 3.63) is 94.6 Å². The van der Waals surface area contributed by atoms with Crippen molar-refractivity contribution in [3.63, 3.8) is 0 Å². The van der Waals surface area contributed by atoms with Crippen molar-refractivity contribution in [2.75, 3.05) is 27.4 Å². The quantitative estimate of drug-likeness (QED) is 0.173. The van der Waals surface area contributed by atoms with Gasteiger partial charge in [0.2, 0.25) is 0 Å². The summed E-state index contributed by atoms with van der Waals surface area (Å²) in [7, 11) is 2.97. The molecule has 198 valence electrons. The fourth-order valence-corrected chi connectivity index (χ4v) is 4.50. The number of phenolic OH excluding ortho intramolecular Hbond substituents is 1. The van der Waals surface area contributed by atoms with Crippen LogP contribution < -0.4 is 9.47 Å². The van der Waals surface area contributed by atoms with E-state index in [1.165, 1.54) is 18.1 Å². The minimum atomic E-state index is -0.863. The van der Waals surface area contributed by atoms with Gasteiger partial charge < -0.3 is 29.3 Å². The molecule has 0 radical (unpaired) electrons. The normalized spacial score (nSPS) is 16.6. The van der Waals surface area contributed by atoms with Crippen molar-refractivity contribution in [3.8, 4) is 17.2 Å². The average molecular weight is 518 g/mol. The van der Waals surface area contributed by atoms with E-state index in [4.69, 9.17) is 14.2 Å². The molecule has 1 atom stereocenters. The maximum atomic E-state index is 13.2. The molecular formula is C30H31NO7. The zero-order valence-electron chi connectivity index (χ0n) is 21.6. The van der Waals surface area contributed by atoms with Crippen molar-refractivity contribution in [1.29, 1.82) is 0 Å². The van der Waals surface area contributed by atoms with Gasteiger partial charge in [0.1, 0.15) is 18.1 Å². The van der Waals surface area contributed by atoms with Gasteiger partial charge in [0.15, 0.2) is 11.5 Å². The Bertz CT molecular complexity index is 1350. The van der Waals surface area contributed by atoms with Gasteiger partial charge in [-0.05, 0) is 66.4 Å². The molecule has 3 aromatic carbocycles. The molecule has 1 saturated heterocycles. The second-order valence-corrected chi connectivity index (χ2v) is 9.01. The van der Waals surface area contributed by atoms with E-state index < -0.39 is 17.7 Å². The summed E-state index contributed by atoms with van der Waals surface area (Å²) in [5.41, 5.74) is 3.06. The number of Topliss-reactive ketones (excluding diaryl/α,β-unsaturated/α-hetero) is 1. The van der Waals surface area contributed by atoms with E-state index in [2.05, 4.69) is 0 Å². The largest absolute Gasteiger partial charge is 0.507 e. The molecule has 1 fully saturated rings. The van der Waals surface area contributed by atoms with Crippen molar-refractivity contribution in [2.45, 2.75) is 26.0 Å². The lowest BCUT2D eigenvalue weighted by Gasteiger charge is -2.25. The molecule has 1 aliphatic heterocycles. The molecule has 8 nitrogen and oxygen atoms in total. The first-order chi connectivity index (χ1) is 18.3. The Labute approximate surface area is 221 Å². The second kappa shape index (κ2) is 11.8. The summed E-state index contributed by atoms with van der Waals surface area (Å²) in [6, 6.07) is 18.4. The predicted molar refractivity (Wildman–Crippen MR) is 142 cm³/mol. The third kappa shape index (κ3) is 5.50. The summed E-state index contributed by atoms with van der Waals surface area (Å²) < 4.78 is 16.2. The molecule has 0 spiro atoms. The van der Waals surface area contributed by atoms with Crippen LogP contribution in [0.3, 0.4) is 0 Å². The molecule has 0 bridgehead atoms. The molecule has 1 unspecified atom stereocenters. The number of aryl methyl sites for hydroxylation is 1. The van der Waals surface area contributed by atoms with E-state index in [-0.39, 0.29) is 29.4 Å². The minimum absolute atomic E-state index is 0.0336. The van der Waals surface area contributed by atoms with Gasteiger partial charge in [-0.25, -0.2) is 0 Å². The smallest absolute Gasteiger partial charge is 0.295 e. The first kappa shape index (κ1) is 26.8. The van der Waals surface area contributed by atoms with Gasteiger partial charge in [-0.15, -0.1) is 0 Å². The number of rotatable bonds is 10. The van der Waals surface area contributed by atoms with Crippen LogP contribution in [-0.2, 0) is 20.9 Å². The number of methoxy groups -OCH3 is 2. The van der Waals surface area contributed by atoms with Crippen LogP contribution in [0.2, 0.25) is 0 Å². The van der Waals surface area contributed by atoms with Crippen LogP contribution in [0.4, 0.5) is 0 Å². The number of phenols is 1. The molecular weight excluding hydrogens is 486 g/mol. The lowest BCUT2D eigenvalue weighted by Crippen LogP contribution is -2.31. The highest BCUT2D eigenvalue weighted by Crippen LogP contribution is 2.42. The van der Waals surface area contributed by atoms with E-state index >= 15 is 0 Å². The predicted octanol–water partition coefficient (Wildman–Crippen LogP) is 4.75. The average Bonchev–Trinajstić information content (AvgIpc) is 3.18. The van der Waals surface area contributed by atoms with Crippen molar-refractivity contribution in [2.24, 2.45) is 0 Å². The van der Waals surface area contributed by atoms with Crippen LogP contribution >= 0.6 is 0 Å². The molecule has 1 aliphatic rings. The SMILES string of the molecule is COCCCN1C(=O)C(=O)/C(=C(/O)c2ccc(OCc3ccccc3C)cc2)C1c1ccc(O)c(OC)c1. The summed E-state index contributed by atoms with van der Waals surface area (Å²) in [5.74, 6) is -1.06. The van der Waals surface area contributed by atoms with Crippen molar-refractivity contribution >= 4 is 17.4 Å². The van der Waals surface area contributed by atoms with Crippen LogP contribution in [0.5, 0.6) is 17.2 Å². The van der Waals surface area contributed by atoms with Crippen molar-refractivity contribution in [1.82, 2.24) is 4.90 Å². The number of carbonyl (C=O) groups excluding carboxylic acids is 2. The van der Waals surface area contributed by atoms with E-state index in [1.807, 2.05) is 31.2 Å². The molecule has 1 amide bonds. The number of ether oxygens (including phenoxy) is 3. The number of nitrogens with zero attached hydrogens (tertiary/aromatic N) is 1. The zero-order valence-corrected chi connectivity index (χ0v) is 21.6. The lowest BCUT2D eigenvalue weighted by atomic mass is 9.95. The molecule has 2 N–H and O–H groups in total. The van der Waals surface area contributed by atoms with Gasteiger partial charge in [-0.2, -0.15) is 0 Å². The van der Waals surface area contributed by atoms with E-state index in [0.29, 0.717) is 36.5 Å². The summed E-state index contributed by atoms with van der Waals surface area (Å²) in [6.07, 6.45) is 0.502. The number of aliphatic hydroxyl groups is 1. The molecule has 0 aliphatic carbocycles. The van der Waals surface area contributed by atoms with Gasteiger partial charge in [0, 0.05) is 25.8 Å². The number of aromatic hydroxyl groups is 1. The second-order valence-electron chi connectivity index (χ2n) is 9.01. The Kier molecular flexibility index (Phi) is 8.33. The molecule has 1 heterocycles. The fourth-order valence-electron chi connectivity index (χ4n) is 4.50. The molecule has 4 rings (SSSR count). The van der Waals surface area contributed by atoms with Gasteiger partial charge in [-0.3, -0.25) is 9.59 Å². The Morgan fingerprint density at radius 2 is 1.74 bits per heavy atom. The van der Waals surface area contributed by atoms with E-state index in [1.54, 1.807) is 43.5 Å². The number of amides is 1. The summed E-state index contributed by atoms with van der Waals surface area (Å²) >= 11 is 0. The third-order valence-electron chi connectivity index (χ3n) is 6.59. The monoisotopic (exact) mass is 517 g/mol. The van der Waals surface area contributed by atoms with Gasteiger partial charge in [0.25, 0.3) is 11.7 Å². The minimum Gasteiger partial charge on any atom is -0.507 e. The maximum absolute atomic E-state index is 13.2. The Balaban J connectivity index is 1.67. The molecule has 0 saturated carbocycles. The molecule has 38 heavy (non-hydrogen) atoms. The van der Waals surface area contributed by atoms with Crippen LogP contribution in [-0.4, -0.2) is 54.2 Å². The highest BCUT2D eigenvalue weighted by molar-refractivity contribution is 6.46. The van der Waals surface area contributed by atoms with Crippen molar-refractivity contribution < 1.29 is 34.0 Å². The standard InChI is InChI=1S/C30H31NO7/c1-19-7-4-5-8-22(19)18-38-23-12-9-20(10-13-23)28(33)26-27(21-11-14-24(32)25(17-21)37-3)31(15-6-16-36-2)30(35)29(26)34/h4-5,7-14,17,27,32-33H,6,15-16,18H2,1-3H3/b28-26+. The number of aliphatic hydroxyl groups excluding tert-OH is 1. The molecule has 8 heteroatoms. The number of hydrogen-bond acceptors (Lipinski definition) is 7. The highest BCUT2D eigenvalue weighted by atomic mass is 16.5. The number of likely N-dealkylation sites (tertiary alicyclic amines) is 1. The lowest BCUT2D eigenvalue weighted by molar-refractivity contribution is -0.140. The number of ketones is 1. The maximum Gasteiger partial charge on any atom is 0.295 e. The van der Waals surface area contributed by atoms with Crippen LogP contribution in [0.1, 0.15) is 34.7 Å². The third-order valence-corrected chi connectivity index (χ3v) is 6.59. The number of hydrogen-bond donors (Lipinski definition) is 2. The fraction of sp³-hybridized carbons (Fsp3) is 0.267. The van der Waals surface area contributed by atoms with E-state index in [9.17, 15) is 19.8 Å². The first-order valence-corrected chi connectivity index (χ1v) is 12.3. The first-order valence-electron chi connectivity index (χ1n) is 12.3. The van der Waals surface area contributed by atoms with Gasteiger partial charge in [-0.1, -0.05) is 30.3 Å². The summed E-state index contributed by atoms with van der Waals surface area (Å²) in [6.45, 7) is 3.06. The topological polar surface area (TPSA) is 106 Å². The molecule has 3 aromatic rings. The van der Waals surface area contributed by atoms with Crippen LogP contribution in [0.25, 0.3) is 5.76 Å². The van der Waals surface area contributed by atoms with E-state index in [0.717, 1.165) is 11.1 Å². The Morgan fingerprint density at radius 3 is 2.42 bits per heavy atom. The summed E-state index contributed by atoms with van der Waals surface area (Å²) in [4.78, 5) is 27.6. The molecule has 0 aromatic heterocycles. The van der Waals surface area contributed by atoms with Crippen LogP contribution in [0.15, 0.2) is 72.3 Å². The Morgan fingerprint density at radius 1 is 1.00 bits per heavy atom. The summed E-state index contributed by atoms with van der Waals surface area (Å²) in [5, 5.41) is 21.3. The van der Waals surface area contributed by atoms with Crippen LogP contribution in [0, 0.1) is 6.92 Å². The number of benzene rings is 3. The number of carbonyl (C=O) groups is 2. The Hall–Kier alpha value is -4.30. The zero-order chi connectivity index (χ0) is 27.2. The van der Waals surface area contributed by atoms with Gasteiger partial charge in [0.05, 0.1) is 18.7 Å². The van der Waals surface area contributed by atoms with Gasteiger partial charge >= 0.3 is 0 Å². The highest BCUT2D eigenvalue weighted by Gasteiger charge is 2.46.